The summed E-state index contributed by atoms with van der Waals surface area (Å²) in [5, 5.41) is 20.1. The largest absolute Gasteiger partial charge is 0.367 e. The minimum absolute atomic E-state index is 0.124. The average Bonchev–Trinajstić information content (AvgIpc) is 2.82. The zero-order valence-electron chi connectivity index (χ0n) is 9.84. The van der Waals surface area contributed by atoms with Gasteiger partial charge < -0.3 is 16.4 Å². The van der Waals surface area contributed by atoms with Crippen LogP contribution in [0.1, 0.15) is 11.4 Å². The molecule has 0 saturated carbocycles. The van der Waals surface area contributed by atoms with Crippen LogP contribution in [-0.2, 0) is 6.54 Å². The first-order valence-electron chi connectivity index (χ1n) is 5.39. The maximum absolute atomic E-state index is 11.6. The lowest BCUT2D eigenvalue weighted by Gasteiger charge is -2.06. The highest BCUT2D eigenvalue weighted by molar-refractivity contribution is 5.89. The highest BCUT2D eigenvalue weighted by atomic mass is 16.2. The normalized spacial score (nSPS) is 9.63. The summed E-state index contributed by atoms with van der Waals surface area (Å²) in [6, 6.07) is 8.18. The van der Waals surface area contributed by atoms with Crippen molar-refractivity contribution in [2.75, 3.05) is 11.1 Å². The van der Waals surface area contributed by atoms with E-state index in [0.29, 0.717) is 17.1 Å². The number of carbonyl (C=O) groups excluding carboxylic acids is 1. The van der Waals surface area contributed by atoms with E-state index in [1.165, 1.54) is 0 Å². The molecule has 0 spiro atoms. The highest BCUT2D eigenvalue weighted by Gasteiger charge is 2.04. The number of nitrogens with zero attached hydrogens (tertiary/aromatic N) is 3. The molecule has 2 amide bonds. The molecule has 0 radical (unpaired) electrons. The average molecular weight is 257 g/mol. The predicted molar refractivity (Wildman–Crippen MR) is 67.8 cm³/mol. The van der Waals surface area contributed by atoms with E-state index in [0.717, 1.165) is 0 Å². The lowest BCUT2D eigenvalue weighted by molar-refractivity contribution is 0.251. The number of nitrogen functional groups attached to an aromatic ring is 1. The van der Waals surface area contributed by atoms with Gasteiger partial charge >= 0.3 is 6.03 Å². The number of hydrogen-bond donors (Lipinski definition) is 4. The summed E-state index contributed by atoms with van der Waals surface area (Å²) in [6.45, 7) is 0.175. The van der Waals surface area contributed by atoms with Crippen LogP contribution >= 0.6 is 0 Å². The van der Waals surface area contributed by atoms with Crippen molar-refractivity contribution in [1.29, 1.82) is 5.26 Å². The minimum Gasteiger partial charge on any atom is -0.367 e. The molecule has 8 heteroatoms. The van der Waals surface area contributed by atoms with Gasteiger partial charge in [-0.15, -0.1) is 5.10 Å². The number of aromatic nitrogens is 3. The van der Waals surface area contributed by atoms with Crippen molar-refractivity contribution in [3.63, 3.8) is 0 Å². The van der Waals surface area contributed by atoms with E-state index >= 15 is 0 Å². The number of nitrogens with one attached hydrogen (secondary N) is 3. The van der Waals surface area contributed by atoms with Gasteiger partial charge in [0.15, 0.2) is 0 Å². The maximum Gasteiger partial charge on any atom is 0.319 e. The number of H-pyrrole nitrogens is 1. The molecular formula is C11H11N7O. The van der Waals surface area contributed by atoms with Crippen LogP contribution in [0.4, 0.5) is 16.4 Å². The molecule has 0 unspecified atom stereocenters. The van der Waals surface area contributed by atoms with E-state index in [-0.39, 0.29) is 12.5 Å². The van der Waals surface area contributed by atoms with E-state index in [4.69, 9.17) is 11.0 Å². The molecule has 0 fully saturated rings. The monoisotopic (exact) mass is 257 g/mol. The molecule has 96 valence electrons. The number of anilines is 2. The van der Waals surface area contributed by atoms with Gasteiger partial charge in [-0.2, -0.15) is 10.2 Å². The van der Waals surface area contributed by atoms with Gasteiger partial charge in [0.05, 0.1) is 18.2 Å². The van der Waals surface area contributed by atoms with Crippen molar-refractivity contribution in [3.05, 3.63) is 35.7 Å². The summed E-state index contributed by atoms with van der Waals surface area (Å²) in [5.74, 6) is 0.581. The first kappa shape index (κ1) is 12.4. The van der Waals surface area contributed by atoms with Crippen LogP contribution in [0.2, 0.25) is 0 Å². The molecule has 8 nitrogen and oxygen atoms in total. The molecule has 0 saturated heterocycles. The van der Waals surface area contributed by atoms with Crippen LogP contribution in [0.3, 0.4) is 0 Å². The van der Waals surface area contributed by atoms with E-state index in [2.05, 4.69) is 25.8 Å². The van der Waals surface area contributed by atoms with Crippen LogP contribution in [-0.4, -0.2) is 21.2 Å². The van der Waals surface area contributed by atoms with Gasteiger partial charge in [-0.25, -0.2) is 4.79 Å². The molecule has 19 heavy (non-hydrogen) atoms. The Morgan fingerprint density at radius 3 is 3.05 bits per heavy atom. The summed E-state index contributed by atoms with van der Waals surface area (Å²) in [6.07, 6.45) is 0. The van der Waals surface area contributed by atoms with Gasteiger partial charge in [0.25, 0.3) is 0 Å². The number of rotatable bonds is 3. The fourth-order valence-corrected chi connectivity index (χ4v) is 1.39. The number of carbonyl (C=O) groups is 1. The maximum atomic E-state index is 11.6. The molecule has 0 aliphatic rings. The van der Waals surface area contributed by atoms with Crippen molar-refractivity contribution >= 4 is 17.7 Å². The molecule has 0 aliphatic heterocycles. The van der Waals surface area contributed by atoms with Crippen molar-refractivity contribution < 1.29 is 4.79 Å². The van der Waals surface area contributed by atoms with Gasteiger partial charge in [0.2, 0.25) is 5.95 Å². The molecule has 1 aromatic carbocycles. The Bertz CT molecular complexity index is 628. The van der Waals surface area contributed by atoms with Gasteiger partial charge in [-0.05, 0) is 18.2 Å². The molecule has 5 N–H and O–H groups in total. The lowest BCUT2D eigenvalue weighted by Crippen LogP contribution is -2.28. The topological polar surface area (TPSA) is 133 Å². The van der Waals surface area contributed by atoms with Crippen LogP contribution < -0.4 is 16.4 Å². The Morgan fingerprint density at radius 2 is 2.37 bits per heavy atom. The van der Waals surface area contributed by atoms with Crippen LogP contribution in [0, 0.1) is 11.3 Å². The Balaban J connectivity index is 1.89. The predicted octanol–water partition coefficient (Wildman–Crippen LogP) is 0.580. The zero-order chi connectivity index (χ0) is 13.7. The molecular weight excluding hydrogens is 246 g/mol. The second kappa shape index (κ2) is 5.50. The Hall–Kier alpha value is -3.08. The SMILES string of the molecule is N#Cc1cccc(NC(=O)NCc2nc(N)n[nH]2)c1. The number of aromatic amines is 1. The highest BCUT2D eigenvalue weighted by Crippen LogP contribution is 2.09. The smallest absolute Gasteiger partial charge is 0.319 e. The number of nitriles is 1. The molecule has 2 rings (SSSR count). The van der Waals surface area contributed by atoms with Crippen molar-refractivity contribution in [3.8, 4) is 6.07 Å². The zero-order valence-corrected chi connectivity index (χ0v) is 9.84. The van der Waals surface area contributed by atoms with Gasteiger partial charge in [-0.1, -0.05) is 6.07 Å². The minimum atomic E-state index is -0.412. The standard InChI is InChI=1S/C11H11N7O/c12-5-7-2-1-3-8(4-7)15-11(19)14-6-9-16-10(13)18-17-9/h1-4H,6H2,(H2,14,15,19)(H3,13,16,17,18). The Labute approximate surface area is 108 Å². The molecule has 0 aliphatic carbocycles. The van der Waals surface area contributed by atoms with Crippen LogP contribution in [0.25, 0.3) is 0 Å². The third kappa shape index (κ3) is 3.44. The van der Waals surface area contributed by atoms with Crippen LogP contribution in [0.5, 0.6) is 0 Å². The van der Waals surface area contributed by atoms with E-state index in [1.807, 2.05) is 6.07 Å². The van der Waals surface area contributed by atoms with Crippen molar-refractivity contribution in [2.24, 2.45) is 0 Å². The fraction of sp³-hybridized carbons (Fsp3) is 0.0909. The number of benzene rings is 1. The van der Waals surface area contributed by atoms with Gasteiger partial charge in [-0.3, -0.25) is 5.10 Å². The summed E-state index contributed by atoms with van der Waals surface area (Å²) in [4.78, 5) is 15.4. The van der Waals surface area contributed by atoms with Crippen molar-refractivity contribution in [2.45, 2.75) is 6.54 Å². The molecule has 0 bridgehead atoms. The van der Waals surface area contributed by atoms with Gasteiger partial charge in [0.1, 0.15) is 5.82 Å². The Kier molecular flexibility index (Phi) is 3.59. The van der Waals surface area contributed by atoms with E-state index in [1.54, 1.807) is 24.3 Å². The number of nitrogens with two attached hydrogens (primary N) is 1. The lowest BCUT2D eigenvalue weighted by atomic mass is 10.2. The molecule has 1 heterocycles. The molecule has 1 aromatic heterocycles. The fourth-order valence-electron chi connectivity index (χ4n) is 1.39. The first-order chi connectivity index (χ1) is 9.17. The summed E-state index contributed by atoms with van der Waals surface area (Å²) in [7, 11) is 0. The third-order valence-electron chi connectivity index (χ3n) is 2.21. The van der Waals surface area contributed by atoms with E-state index < -0.39 is 6.03 Å². The summed E-state index contributed by atoms with van der Waals surface area (Å²) in [5.41, 5.74) is 6.34. The summed E-state index contributed by atoms with van der Waals surface area (Å²) < 4.78 is 0. The number of hydrogen-bond acceptors (Lipinski definition) is 5. The molecule has 2 aromatic rings. The number of amides is 2. The second-order valence-electron chi connectivity index (χ2n) is 3.64. The van der Waals surface area contributed by atoms with Crippen LogP contribution in [0.15, 0.2) is 24.3 Å². The molecule has 0 atom stereocenters. The first-order valence-corrected chi connectivity index (χ1v) is 5.39. The second-order valence-corrected chi connectivity index (χ2v) is 3.64. The number of urea groups is 1. The Morgan fingerprint density at radius 1 is 1.53 bits per heavy atom. The van der Waals surface area contributed by atoms with Crippen molar-refractivity contribution in [1.82, 2.24) is 20.5 Å². The van der Waals surface area contributed by atoms with E-state index in [9.17, 15) is 4.79 Å². The quantitative estimate of drug-likeness (QED) is 0.638. The summed E-state index contributed by atoms with van der Waals surface area (Å²) >= 11 is 0. The third-order valence-corrected chi connectivity index (χ3v) is 2.21. The van der Waals surface area contributed by atoms with Gasteiger partial charge in [0, 0.05) is 5.69 Å².